The monoisotopic (exact) mass is 273 g/mol. The second kappa shape index (κ2) is 6.32. The van der Waals surface area contributed by atoms with E-state index in [1.165, 1.54) is 6.20 Å². The molecule has 2 aromatic rings. The molecule has 5 nitrogen and oxygen atoms in total. The number of nitrogens with zero attached hydrogens (tertiary/aromatic N) is 2. The second-order valence-corrected chi connectivity index (χ2v) is 5.26. The van der Waals surface area contributed by atoms with Gasteiger partial charge in [0.2, 0.25) is 0 Å². The number of anilines is 1. The normalized spacial score (nSPS) is 10.9. The first kappa shape index (κ1) is 14.2. The van der Waals surface area contributed by atoms with Crippen LogP contribution in [0, 0.1) is 16.0 Å². The minimum absolute atomic E-state index is 0.0354. The van der Waals surface area contributed by atoms with E-state index in [9.17, 15) is 10.1 Å². The standard InChI is InChI=1S/C15H19N3O2/c1-11(2)6-5-9-16-15-12-7-3-4-8-13(12)17-10-14(15)18(19)20/h3-4,7-8,10-11H,5-6,9H2,1-2H3,(H,16,17). The van der Waals surface area contributed by atoms with E-state index in [0.717, 1.165) is 30.3 Å². The highest BCUT2D eigenvalue weighted by Crippen LogP contribution is 2.31. The smallest absolute Gasteiger partial charge is 0.311 e. The predicted molar refractivity (Wildman–Crippen MR) is 81.0 cm³/mol. The van der Waals surface area contributed by atoms with Crippen molar-refractivity contribution in [3.63, 3.8) is 0 Å². The average molecular weight is 273 g/mol. The van der Waals surface area contributed by atoms with Crippen LogP contribution in [0.4, 0.5) is 11.4 Å². The molecule has 2 rings (SSSR count). The van der Waals surface area contributed by atoms with E-state index < -0.39 is 0 Å². The van der Waals surface area contributed by atoms with Gasteiger partial charge in [0.05, 0.1) is 10.4 Å². The first-order valence-corrected chi connectivity index (χ1v) is 6.85. The van der Waals surface area contributed by atoms with E-state index in [2.05, 4.69) is 24.1 Å². The fourth-order valence-electron chi connectivity index (χ4n) is 2.18. The van der Waals surface area contributed by atoms with Gasteiger partial charge in [-0.1, -0.05) is 32.0 Å². The lowest BCUT2D eigenvalue weighted by molar-refractivity contribution is -0.384. The van der Waals surface area contributed by atoms with Crippen molar-refractivity contribution < 1.29 is 4.92 Å². The number of hydrogen-bond acceptors (Lipinski definition) is 4. The molecule has 1 aromatic carbocycles. The molecule has 0 unspecified atom stereocenters. The van der Waals surface area contributed by atoms with Crippen molar-refractivity contribution in [2.24, 2.45) is 5.92 Å². The van der Waals surface area contributed by atoms with Gasteiger partial charge in [-0.05, 0) is 24.8 Å². The SMILES string of the molecule is CC(C)CCCNc1c([N+](=O)[O-])cnc2ccccc12. The summed E-state index contributed by atoms with van der Waals surface area (Å²) in [5.41, 5.74) is 1.38. The third kappa shape index (κ3) is 3.23. The summed E-state index contributed by atoms with van der Waals surface area (Å²) in [5, 5.41) is 15.1. The minimum atomic E-state index is -0.385. The molecule has 0 aliphatic carbocycles. The first-order valence-electron chi connectivity index (χ1n) is 6.85. The molecule has 0 aliphatic heterocycles. The van der Waals surface area contributed by atoms with Crippen LogP contribution in [0.2, 0.25) is 0 Å². The Hall–Kier alpha value is -2.17. The number of hydrogen-bond donors (Lipinski definition) is 1. The number of para-hydroxylation sites is 1. The summed E-state index contributed by atoms with van der Waals surface area (Å²) >= 11 is 0. The van der Waals surface area contributed by atoms with Crippen LogP contribution in [0.3, 0.4) is 0 Å². The summed E-state index contributed by atoms with van der Waals surface area (Å²) in [4.78, 5) is 14.9. The lowest BCUT2D eigenvalue weighted by atomic mass is 10.1. The fraction of sp³-hybridized carbons (Fsp3) is 0.400. The number of aromatic nitrogens is 1. The molecule has 0 bridgehead atoms. The molecule has 1 aromatic heterocycles. The summed E-state index contributed by atoms with van der Waals surface area (Å²) in [6.07, 6.45) is 3.42. The number of pyridine rings is 1. The number of fused-ring (bicyclic) bond motifs is 1. The first-order chi connectivity index (χ1) is 9.59. The molecule has 0 atom stereocenters. The van der Waals surface area contributed by atoms with Gasteiger partial charge in [-0.25, -0.2) is 4.98 Å². The molecule has 0 fully saturated rings. The molecule has 0 saturated carbocycles. The van der Waals surface area contributed by atoms with Crippen molar-refractivity contribution in [2.75, 3.05) is 11.9 Å². The van der Waals surface area contributed by atoms with Crippen LogP contribution in [-0.4, -0.2) is 16.5 Å². The fourth-order valence-corrected chi connectivity index (χ4v) is 2.18. The van der Waals surface area contributed by atoms with Crippen LogP contribution in [0.5, 0.6) is 0 Å². The second-order valence-electron chi connectivity index (χ2n) is 5.26. The summed E-state index contributed by atoms with van der Waals surface area (Å²) in [6, 6.07) is 7.47. The molecular formula is C15H19N3O2. The molecule has 20 heavy (non-hydrogen) atoms. The molecule has 0 radical (unpaired) electrons. The largest absolute Gasteiger partial charge is 0.379 e. The van der Waals surface area contributed by atoms with Gasteiger partial charge >= 0.3 is 5.69 Å². The lowest BCUT2D eigenvalue weighted by Gasteiger charge is -2.10. The summed E-state index contributed by atoms with van der Waals surface area (Å²) < 4.78 is 0. The maximum Gasteiger partial charge on any atom is 0.311 e. The summed E-state index contributed by atoms with van der Waals surface area (Å²) in [5.74, 6) is 0.640. The Balaban J connectivity index is 2.28. The van der Waals surface area contributed by atoms with Crippen LogP contribution in [-0.2, 0) is 0 Å². The van der Waals surface area contributed by atoms with Crippen LogP contribution >= 0.6 is 0 Å². The Kier molecular flexibility index (Phi) is 4.50. The molecular weight excluding hydrogens is 254 g/mol. The highest BCUT2D eigenvalue weighted by atomic mass is 16.6. The maximum atomic E-state index is 11.1. The van der Waals surface area contributed by atoms with Crippen molar-refractivity contribution in [2.45, 2.75) is 26.7 Å². The van der Waals surface area contributed by atoms with E-state index in [4.69, 9.17) is 0 Å². The van der Waals surface area contributed by atoms with Gasteiger partial charge in [0.1, 0.15) is 11.9 Å². The predicted octanol–water partition coefficient (Wildman–Crippen LogP) is 3.99. The van der Waals surface area contributed by atoms with E-state index >= 15 is 0 Å². The lowest BCUT2D eigenvalue weighted by Crippen LogP contribution is -2.06. The van der Waals surface area contributed by atoms with Crippen LogP contribution in [0.25, 0.3) is 10.9 Å². The van der Waals surface area contributed by atoms with Gasteiger partial charge in [0.15, 0.2) is 0 Å². The minimum Gasteiger partial charge on any atom is -0.379 e. The topological polar surface area (TPSA) is 68.1 Å². The average Bonchev–Trinajstić information content (AvgIpc) is 2.42. The third-order valence-corrected chi connectivity index (χ3v) is 3.21. The van der Waals surface area contributed by atoms with E-state index in [0.29, 0.717) is 11.6 Å². The van der Waals surface area contributed by atoms with Crippen LogP contribution in [0.15, 0.2) is 30.5 Å². The Bertz CT molecular complexity index is 611. The van der Waals surface area contributed by atoms with Gasteiger partial charge in [-0.3, -0.25) is 10.1 Å². The van der Waals surface area contributed by atoms with Gasteiger partial charge < -0.3 is 5.32 Å². The summed E-state index contributed by atoms with van der Waals surface area (Å²) in [6.45, 7) is 5.07. The van der Waals surface area contributed by atoms with E-state index in [1.807, 2.05) is 24.3 Å². The zero-order valence-corrected chi connectivity index (χ0v) is 11.8. The molecule has 0 aliphatic rings. The quantitative estimate of drug-likeness (QED) is 0.491. The molecule has 1 N–H and O–H groups in total. The number of benzene rings is 1. The number of rotatable bonds is 6. The Morgan fingerprint density at radius 2 is 2.10 bits per heavy atom. The number of nitrogens with one attached hydrogen (secondary N) is 1. The zero-order valence-electron chi connectivity index (χ0n) is 11.8. The third-order valence-electron chi connectivity index (χ3n) is 3.21. The van der Waals surface area contributed by atoms with E-state index in [1.54, 1.807) is 0 Å². The Labute approximate surface area is 118 Å². The van der Waals surface area contributed by atoms with Crippen LogP contribution in [0.1, 0.15) is 26.7 Å². The van der Waals surface area contributed by atoms with Gasteiger partial charge in [0.25, 0.3) is 0 Å². The van der Waals surface area contributed by atoms with Crippen LogP contribution < -0.4 is 5.32 Å². The molecule has 106 valence electrons. The van der Waals surface area contributed by atoms with Crippen molar-refractivity contribution in [3.05, 3.63) is 40.6 Å². The van der Waals surface area contributed by atoms with Crippen molar-refractivity contribution in [1.82, 2.24) is 4.98 Å². The van der Waals surface area contributed by atoms with Crippen molar-refractivity contribution in [1.29, 1.82) is 0 Å². The summed E-state index contributed by atoms with van der Waals surface area (Å²) in [7, 11) is 0. The van der Waals surface area contributed by atoms with Gasteiger partial charge in [-0.15, -0.1) is 0 Å². The van der Waals surface area contributed by atoms with Crippen molar-refractivity contribution >= 4 is 22.3 Å². The van der Waals surface area contributed by atoms with E-state index in [-0.39, 0.29) is 10.6 Å². The molecule has 1 heterocycles. The zero-order chi connectivity index (χ0) is 14.5. The van der Waals surface area contributed by atoms with Gasteiger partial charge in [0, 0.05) is 11.9 Å². The molecule has 0 saturated heterocycles. The molecule has 0 spiro atoms. The highest BCUT2D eigenvalue weighted by Gasteiger charge is 2.17. The Morgan fingerprint density at radius 3 is 2.80 bits per heavy atom. The molecule has 5 heteroatoms. The van der Waals surface area contributed by atoms with Gasteiger partial charge in [-0.2, -0.15) is 0 Å². The molecule has 0 amide bonds. The number of nitro groups is 1. The Morgan fingerprint density at radius 1 is 1.35 bits per heavy atom. The highest BCUT2D eigenvalue weighted by molar-refractivity contribution is 5.95. The maximum absolute atomic E-state index is 11.1. The van der Waals surface area contributed by atoms with Crippen molar-refractivity contribution in [3.8, 4) is 0 Å².